The van der Waals surface area contributed by atoms with Crippen LogP contribution in [0.3, 0.4) is 0 Å². The van der Waals surface area contributed by atoms with Crippen LogP contribution >= 0.6 is 7.26 Å². The topological polar surface area (TPSA) is 0 Å². The predicted molar refractivity (Wildman–Crippen MR) is 93.5 cm³/mol. The van der Waals surface area contributed by atoms with Gasteiger partial charge in [-0.05, 0) is 25.7 Å². The molecule has 0 aromatic rings. The van der Waals surface area contributed by atoms with Gasteiger partial charge in [-0.3, -0.25) is 14.1 Å². The van der Waals surface area contributed by atoms with Crippen molar-refractivity contribution in [3.8, 4) is 0 Å². The lowest BCUT2D eigenvalue weighted by Gasteiger charge is -2.28. The Balaban J connectivity index is -0.000000427. The average molecular weight is 319 g/mol. The first kappa shape index (κ1) is 28.4. The van der Waals surface area contributed by atoms with Gasteiger partial charge in [-0.25, -0.2) is 0 Å². The minimum Gasteiger partial charge on any atom is -0.269 e. The van der Waals surface area contributed by atoms with Crippen molar-refractivity contribution in [2.45, 2.75) is 79.1 Å². The Hall–Kier alpha value is 0.220. The van der Waals surface area contributed by atoms with E-state index in [1.807, 2.05) is 0 Å². The number of halogens is 3. The molecule has 0 aliphatic heterocycles. The van der Waals surface area contributed by atoms with Crippen LogP contribution in [0.15, 0.2) is 0 Å². The first-order valence-electron chi connectivity index (χ1n) is 8.09. The molecular weight excluding hydrogens is 280 g/mol. The van der Waals surface area contributed by atoms with Crippen molar-refractivity contribution in [2.75, 3.05) is 24.6 Å². The van der Waals surface area contributed by atoms with Crippen molar-refractivity contribution in [3.05, 3.63) is 0 Å². The summed E-state index contributed by atoms with van der Waals surface area (Å²) in [7, 11) is -0.562. The van der Waals surface area contributed by atoms with Crippen LogP contribution < -0.4 is 0 Å². The lowest BCUT2D eigenvalue weighted by molar-refractivity contribution is 0.814. The highest BCUT2D eigenvalue weighted by atomic mass is 31.2. The van der Waals surface area contributed by atoms with Crippen LogP contribution in [-0.4, -0.2) is 24.6 Å². The minimum atomic E-state index is -0.562. The summed E-state index contributed by atoms with van der Waals surface area (Å²) in [5, 5.41) is 0. The zero-order chi connectivity index (χ0) is 13.0. The number of hydrogen-bond donors (Lipinski definition) is 0. The molecule has 0 nitrogen and oxygen atoms in total. The van der Waals surface area contributed by atoms with E-state index < -0.39 is 7.26 Å². The molecule has 0 heterocycles. The van der Waals surface area contributed by atoms with Gasteiger partial charge in [0.15, 0.2) is 0 Å². The minimum absolute atomic E-state index is 0. The van der Waals surface area contributed by atoms with Crippen LogP contribution in [0.2, 0.25) is 0 Å². The first-order chi connectivity index (χ1) is 8.24. The Labute approximate surface area is 125 Å². The molecule has 0 fully saturated rings. The van der Waals surface area contributed by atoms with Gasteiger partial charge in [0, 0.05) is 7.26 Å². The van der Waals surface area contributed by atoms with Crippen molar-refractivity contribution in [1.82, 2.24) is 0 Å². The molecule has 20 heavy (non-hydrogen) atoms. The third kappa shape index (κ3) is 13.2. The summed E-state index contributed by atoms with van der Waals surface area (Å²) >= 11 is 0. The van der Waals surface area contributed by atoms with E-state index in [4.69, 9.17) is 0 Å². The van der Waals surface area contributed by atoms with E-state index in [2.05, 4.69) is 27.7 Å². The van der Waals surface area contributed by atoms with Gasteiger partial charge in [0.05, 0.1) is 24.6 Å². The average Bonchev–Trinajstić information content (AvgIpc) is 2.37. The molecular formula is C16H39F3P+. The van der Waals surface area contributed by atoms with E-state index in [1.165, 1.54) is 51.4 Å². The molecule has 0 radical (unpaired) electrons. The van der Waals surface area contributed by atoms with Crippen LogP contribution in [0.25, 0.3) is 0 Å². The van der Waals surface area contributed by atoms with Crippen LogP contribution in [0.4, 0.5) is 14.1 Å². The number of hydrogen-bond acceptors (Lipinski definition) is 0. The van der Waals surface area contributed by atoms with E-state index in [9.17, 15) is 0 Å². The Kier molecular flexibility index (Phi) is 27.3. The van der Waals surface area contributed by atoms with E-state index >= 15 is 0 Å². The molecule has 0 rings (SSSR count). The largest absolute Gasteiger partial charge is 0.269 e. The SMILES string of the molecule is CCCC[P+](CCCC)(CCCC)CCCC.F.F.F. The van der Waals surface area contributed by atoms with Crippen LogP contribution in [0.1, 0.15) is 79.1 Å². The molecule has 128 valence electrons. The monoisotopic (exact) mass is 319 g/mol. The molecule has 0 atom stereocenters. The Morgan fingerprint density at radius 3 is 0.800 bits per heavy atom. The van der Waals surface area contributed by atoms with Crippen LogP contribution in [-0.2, 0) is 0 Å². The summed E-state index contributed by atoms with van der Waals surface area (Å²) in [6.45, 7) is 9.42. The molecule has 0 spiro atoms. The molecule has 0 saturated heterocycles. The van der Waals surface area contributed by atoms with E-state index in [-0.39, 0.29) is 14.1 Å². The van der Waals surface area contributed by atoms with Gasteiger partial charge >= 0.3 is 0 Å². The van der Waals surface area contributed by atoms with Crippen molar-refractivity contribution >= 4 is 7.26 Å². The maximum atomic E-state index is 2.36. The molecule has 0 N–H and O–H groups in total. The summed E-state index contributed by atoms with van der Waals surface area (Å²) < 4.78 is 0. The third-order valence-electron chi connectivity index (χ3n) is 3.94. The van der Waals surface area contributed by atoms with Crippen LogP contribution in [0, 0.1) is 0 Å². The molecule has 0 saturated carbocycles. The summed E-state index contributed by atoms with van der Waals surface area (Å²) in [6, 6.07) is 0. The molecule has 0 aliphatic rings. The van der Waals surface area contributed by atoms with Crippen molar-refractivity contribution in [3.63, 3.8) is 0 Å². The lowest BCUT2D eigenvalue weighted by atomic mass is 10.4. The molecule has 0 aromatic heterocycles. The lowest BCUT2D eigenvalue weighted by Crippen LogP contribution is -2.12. The highest BCUT2D eigenvalue weighted by Crippen LogP contribution is 2.61. The summed E-state index contributed by atoms with van der Waals surface area (Å²) in [4.78, 5) is 0. The van der Waals surface area contributed by atoms with E-state index in [1.54, 1.807) is 24.6 Å². The zero-order valence-corrected chi connectivity index (χ0v) is 15.1. The van der Waals surface area contributed by atoms with Crippen molar-refractivity contribution in [1.29, 1.82) is 0 Å². The summed E-state index contributed by atoms with van der Waals surface area (Å²) in [5.74, 6) is 0. The maximum absolute atomic E-state index is 2.36. The highest BCUT2D eigenvalue weighted by Gasteiger charge is 2.34. The van der Waals surface area contributed by atoms with Gasteiger partial charge < -0.3 is 0 Å². The fourth-order valence-electron chi connectivity index (χ4n) is 2.64. The van der Waals surface area contributed by atoms with Gasteiger partial charge in [0.25, 0.3) is 0 Å². The van der Waals surface area contributed by atoms with Gasteiger partial charge in [0.1, 0.15) is 0 Å². The fourth-order valence-corrected chi connectivity index (χ4v) is 7.93. The van der Waals surface area contributed by atoms with Gasteiger partial charge in [-0.15, -0.1) is 0 Å². The maximum Gasteiger partial charge on any atom is 0.0594 e. The number of unbranched alkanes of at least 4 members (excludes halogenated alkanes) is 4. The second kappa shape index (κ2) is 19.2. The Bertz CT molecular complexity index is 128. The molecule has 0 unspecified atom stereocenters. The third-order valence-corrected chi connectivity index (χ3v) is 9.00. The van der Waals surface area contributed by atoms with E-state index in [0.717, 1.165) is 0 Å². The van der Waals surface area contributed by atoms with Gasteiger partial charge in [-0.2, -0.15) is 0 Å². The van der Waals surface area contributed by atoms with Crippen molar-refractivity contribution < 1.29 is 14.1 Å². The predicted octanol–water partition coefficient (Wildman–Crippen LogP) is 6.66. The van der Waals surface area contributed by atoms with Gasteiger partial charge in [0.2, 0.25) is 0 Å². The molecule has 0 amide bonds. The normalized spacial score (nSPS) is 10.2. The summed E-state index contributed by atoms with van der Waals surface area (Å²) in [5.41, 5.74) is 0. The second-order valence-corrected chi connectivity index (χ2v) is 10.1. The highest BCUT2D eigenvalue weighted by molar-refractivity contribution is 7.75. The Morgan fingerprint density at radius 2 is 0.650 bits per heavy atom. The van der Waals surface area contributed by atoms with Crippen molar-refractivity contribution in [2.24, 2.45) is 0 Å². The van der Waals surface area contributed by atoms with Crippen LogP contribution in [0.5, 0.6) is 0 Å². The van der Waals surface area contributed by atoms with Gasteiger partial charge in [-0.1, -0.05) is 53.4 Å². The Morgan fingerprint density at radius 1 is 0.450 bits per heavy atom. The number of rotatable bonds is 12. The molecule has 4 heteroatoms. The quantitative estimate of drug-likeness (QED) is 0.353. The fraction of sp³-hybridized carbons (Fsp3) is 1.00. The summed E-state index contributed by atoms with van der Waals surface area (Å²) in [6.07, 6.45) is 17.9. The molecule has 0 bridgehead atoms. The van der Waals surface area contributed by atoms with E-state index in [0.29, 0.717) is 0 Å². The first-order valence-corrected chi connectivity index (χ1v) is 10.6. The molecule has 0 aromatic carbocycles. The zero-order valence-electron chi connectivity index (χ0n) is 14.2. The second-order valence-electron chi connectivity index (χ2n) is 5.65. The standard InChI is InChI=1S/C16H36P.3FH/c1-5-9-13-17(14-10-6-2,15-11-7-3)16-12-8-4;;;/h5-16H2,1-4H3;3*1H/q+1;;;. The smallest absolute Gasteiger partial charge is 0.0594 e. The molecule has 0 aliphatic carbocycles.